The van der Waals surface area contributed by atoms with Crippen molar-refractivity contribution in [3.8, 4) is 0 Å². The lowest BCUT2D eigenvalue weighted by Gasteiger charge is -2.18. The molecule has 8 heteroatoms. The van der Waals surface area contributed by atoms with Crippen LogP contribution in [0, 0.1) is 0 Å². The van der Waals surface area contributed by atoms with Gasteiger partial charge >= 0.3 is 0 Å². The highest BCUT2D eigenvalue weighted by molar-refractivity contribution is 7.89. The summed E-state index contributed by atoms with van der Waals surface area (Å²) in [6.45, 7) is 4.30. The van der Waals surface area contributed by atoms with Crippen LogP contribution in [0.25, 0.3) is 0 Å². The predicted octanol–water partition coefficient (Wildman–Crippen LogP) is 2.07. The van der Waals surface area contributed by atoms with Crippen LogP contribution in [0.1, 0.15) is 34.6 Å². The molecule has 0 spiro atoms. The van der Waals surface area contributed by atoms with E-state index in [-0.39, 0.29) is 10.8 Å². The van der Waals surface area contributed by atoms with Gasteiger partial charge in [-0.2, -0.15) is 4.31 Å². The summed E-state index contributed by atoms with van der Waals surface area (Å²) >= 11 is 0. The summed E-state index contributed by atoms with van der Waals surface area (Å²) in [6, 6.07) is 11.9. The van der Waals surface area contributed by atoms with Crippen molar-refractivity contribution in [3.05, 3.63) is 59.7 Å². The first-order chi connectivity index (χ1) is 12.3. The van der Waals surface area contributed by atoms with Crippen LogP contribution in [0.3, 0.4) is 0 Å². The van der Waals surface area contributed by atoms with Gasteiger partial charge in [0.05, 0.1) is 4.90 Å². The summed E-state index contributed by atoms with van der Waals surface area (Å²) in [5.41, 5.74) is 6.33. The highest BCUT2D eigenvalue weighted by Crippen LogP contribution is 2.17. The molecule has 2 aromatic rings. The van der Waals surface area contributed by atoms with Crippen LogP contribution >= 0.6 is 0 Å². The zero-order valence-electron chi connectivity index (χ0n) is 14.6. The minimum Gasteiger partial charge on any atom is -0.366 e. The molecule has 2 amide bonds. The Bertz CT molecular complexity index is 887. The van der Waals surface area contributed by atoms with Crippen LogP contribution in [0.2, 0.25) is 0 Å². The zero-order valence-corrected chi connectivity index (χ0v) is 15.4. The van der Waals surface area contributed by atoms with E-state index in [1.54, 1.807) is 26.0 Å². The second-order valence-corrected chi connectivity index (χ2v) is 7.45. The number of carbonyl (C=O) groups excluding carboxylic acids is 2. The third-order valence-corrected chi connectivity index (χ3v) is 5.95. The van der Waals surface area contributed by atoms with E-state index in [1.807, 2.05) is 0 Å². The predicted molar refractivity (Wildman–Crippen MR) is 99.5 cm³/mol. The molecule has 0 saturated heterocycles. The maximum Gasteiger partial charge on any atom is 0.255 e. The number of hydrogen-bond donors (Lipinski definition) is 2. The molecule has 3 N–H and O–H groups in total. The number of amides is 2. The molecule has 0 unspecified atom stereocenters. The van der Waals surface area contributed by atoms with Gasteiger partial charge in [0.15, 0.2) is 0 Å². The van der Waals surface area contributed by atoms with Crippen molar-refractivity contribution in [3.63, 3.8) is 0 Å². The van der Waals surface area contributed by atoms with Crippen molar-refractivity contribution < 1.29 is 18.0 Å². The summed E-state index contributed by atoms with van der Waals surface area (Å²) < 4.78 is 26.2. The number of benzene rings is 2. The van der Waals surface area contributed by atoms with Crippen molar-refractivity contribution >= 4 is 27.5 Å². The molecular formula is C18H21N3O4S. The van der Waals surface area contributed by atoms with Crippen molar-refractivity contribution in [1.29, 1.82) is 0 Å². The van der Waals surface area contributed by atoms with Crippen molar-refractivity contribution in [1.82, 2.24) is 4.31 Å². The highest BCUT2D eigenvalue weighted by Gasteiger charge is 2.21. The number of anilines is 1. The lowest BCUT2D eigenvalue weighted by atomic mass is 10.2. The third-order valence-electron chi connectivity index (χ3n) is 3.89. The first kappa shape index (κ1) is 19.6. The fraction of sp³-hybridized carbons (Fsp3) is 0.222. The van der Waals surface area contributed by atoms with Gasteiger partial charge in [0.1, 0.15) is 0 Å². The summed E-state index contributed by atoms with van der Waals surface area (Å²) in [5, 5.41) is 2.68. The van der Waals surface area contributed by atoms with Crippen molar-refractivity contribution in [2.24, 2.45) is 5.73 Å². The fourth-order valence-electron chi connectivity index (χ4n) is 2.41. The molecule has 0 fully saturated rings. The molecular weight excluding hydrogens is 354 g/mol. The number of nitrogens with one attached hydrogen (secondary N) is 1. The summed E-state index contributed by atoms with van der Waals surface area (Å²) in [7, 11) is -3.56. The molecule has 138 valence electrons. The summed E-state index contributed by atoms with van der Waals surface area (Å²) in [5.74, 6) is -0.934. The summed E-state index contributed by atoms with van der Waals surface area (Å²) in [4.78, 5) is 23.5. The maximum absolute atomic E-state index is 12.4. The standard InChI is InChI=1S/C18H21N3O4S/c1-3-21(4-2)26(24,25)16-11-7-14(8-12-16)18(23)20-15-9-5-13(6-10-15)17(19)22/h5-12H,3-4H2,1-2H3,(H2,19,22)(H,20,23). The van der Waals surface area contributed by atoms with Gasteiger partial charge in [-0.3, -0.25) is 9.59 Å². The molecule has 0 aliphatic carbocycles. The highest BCUT2D eigenvalue weighted by atomic mass is 32.2. The van der Waals surface area contributed by atoms with E-state index in [0.29, 0.717) is 29.9 Å². The van der Waals surface area contributed by atoms with Gasteiger partial charge in [-0.05, 0) is 48.5 Å². The topological polar surface area (TPSA) is 110 Å². The van der Waals surface area contributed by atoms with E-state index in [9.17, 15) is 18.0 Å². The Balaban J connectivity index is 2.15. The number of nitrogens with two attached hydrogens (primary N) is 1. The average Bonchev–Trinajstić information content (AvgIpc) is 2.63. The minimum absolute atomic E-state index is 0.142. The summed E-state index contributed by atoms with van der Waals surface area (Å²) in [6.07, 6.45) is 0. The SMILES string of the molecule is CCN(CC)S(=O)(=O)c1ccc(C(=O)Nc2ccc(C(N)=O)cc2)cc1. The van der Waals surface area contributed by atoms with Gasteiger partial charge in [-0.15, -0.1) is 0 Å². The Labute approximate surface area is 152 Å². The van der Waals surface area contributed by atoms with E-state index < -0.39 is 15.9 Å². The number of rotatable bonds is 7. The largest absolute Gasteiger partial charge is 0.366 e. The smallest absolute Gasteiger partial charge is 0.255 e. The fourth-order valence-corrected chi connectivity index (χ4v) is 3.87. The number of primary amides is 1. The first-order valence-corrected chi connectivity index (χ1v) is 9.55. The monoisotopic (exact) mass is 375 g/mol. The Kier molecular flexibility index (Phi) is 6.12. The van der Waals surface area contributed by atoms with Gasteiger partial charge in [-0.25, -0.2) is 8.42 Å². The van der Waals surface area contributed by atoms with E-state index in [2.05, 4.69) is 5.32 Å². The molecule has 0 atom stereocenters. The Hall–Kier alpha value is -2.71. The lowest BCUT2D eigenvalue weighted by Crippen LogP contribution is -2.30. The van der Waals surface area contributed by atoms with Gasteiger partial charge in [0.25, 0.3) is 5.91 Å². The molecule has 0 aliphatic heterocycles. The molecule has 7 nitrogen and oxygen atoms in total. The van der Waals surface area contributed by atoms with Crippen LogP contribution in [0.4, 0.5) is 5.69 Å². The van der Waals surface area contributed by atoms with E-state index in [4.69, 9.17) is 5.73 Å². The number of hydrogen-bond acceptors (Lipinski definition) is 4. The molecule has 2 aromatic carbocycles. The van der Waals surface area contributed by atoms with Crippen molar-refractivity contribution in [2.75, 3.05) is 18.4 Å². The van der Waals surface area contributed by atoms with Gasteiger partial charge < -0.3 is 11.1 Å². The zero-order chi connectivity index (χ0) is 19.3. The van der Waals surface area contributed by atoms with E-state index in [0.717, 1.165) is 0 Å². The van der Waals surface area contributed by atoms with Gasteiger partial charge in [0.2, 0.25) is 15.9 Å². The molecule has 0 radical (unpaired) electrons. The number of nitrogens with zero attached hydrogens (tertiary/aromatic N) is 1. The third kappa shape index (κ3) is 4.27. The minimum atomic E-state index is -3.56. The van der Waals surface area contributed by atoms with Crippen LogP contribution in [-0.4, -0.2) is 37.6 Å². The molecule has 0 aliphatic rings. The normalized spacial score (nSPS) is 11.3. The quantitative estimate of drug-likeness (QED) is 0.772. The average molecular weight is 375 g/mol. The van der Waals surface area contributed by atoms with Crippen LogP contribution in [0.5, 0.6) is 0 Å². The van der Waals surface area contributed by atoms with Gasteiger partial charge in [-0.1, -0.05) is 13.8 Å². The molecule has 0 saturated carbocycles. The second kappa shape index (κ2) is 8.11. The Morgan fingerprint density at radius 1 is 0.923 bits per heavy atom. The van der Waals surface area contributed by atoms with E-state index >= 15 is 0 Å². The van der Waals surface area contributed by atoms with Crippen LogP contribution in [-0.2, 0) is 10.0 Å². The number of carbonyl (C=O) groups is 2. The second-order valence-electron chi connectivity index (χ2n) is 5.51. The maximum atomic E-state index is 12.4. The molecule has 2 rings (SSSR count). The van der Waals surface area contributed by atoms with Crippen LogP contribution in [0.15, 0.2) is 53.4 Å². The first-order valence-electron chi connectivity index (χ1n) is 8.11. The van der Waals surface area contributed by atoms with Crippen molar-refractivity contribution in [2.45, 2.75) is 18.7 Å². The molecule has 0 heterocycles. The Morgan fingerprint density at radius 2 is 1.42 bits per heavy atom. The lowest BCUT2D eigenvalue weighted by molar-refractivity contribution is 0.0998. The molecule has 0 aromatic heterocycles. The molecule has 26 heavy (non-hydrogen) atoms. The number of sulfonamides is 1. The Morgan fingerprint density at radius 3 is 1.88 bits per heavy atom. The van der Waals surface area contributed by atoms with Gasteiger partial charge in [0, 0.05) is 29.9 Å². The van der Waals surface area contributed by atoms with E-state index in [1.165, 1.54) is 40.7 Å². The van der Waals surface area contributed by atoms with Crippen LogP contribution < -0.4 is 11.1 Å². The molecule has 0 bridgehead atoms.